The Morgan fingerprint density at radius 3 is 2.89 bits per heavy atom. The first-order chi connectivity index (χ1) is 9.08. The smallest absolute Gasteiger partial charge is 0.274 e. The SMILES string of the molecule is Cn1cnnc1CNCc1cc(F)ccc1[N+](=O)[O-]. The normalized spacial score (nSPS) is 10.6. The summed E-state index contributed by atoms with van der Waals surface area (Å²) in [4.78, 5) is 10.3. The Kier molecular flexibility index (Phi) is 3.81. The minimum Gasteiger partial charge on any atom is -0.320 e. The molecule has 8 heteroatoms. The summed E-state index contributed by atoms with van der Waals surface area (Å²) in [6.45, 7) is 0.575. The van der Waals surface area contributed by atoms with Gasteiger partial charge in [0.1, 0.15) is 18.0 Å². The van der Waals surface area contributed by atoms with Crippen molar-refractivity contribution in [2.24, 2.45) is 7.05 Å². The number of aromatic nitrogens is 3. The molecule has 7 nitrogen and oxygen atoms in total. The molecule has 0 bridgehead atoms. The molecule has 0 aliphatic carbocycles. The van der Waals surface area contributed by atoms with Crippen molar-refractivity contribution in [2.45, 2.75) is 13.1 Å². The van der Waals surface area contributed by atoms with Gasteiger partial charge in [0.25, 0.3) is 5.69 Å². The summed E-state index contributed by atoms with van der Waals surface area (Å²) in [6.07, 6.45) is 1.56. The van der Waals surface area contributed by atoms with Gasteiger partial charge in [-0.3, -0.25) is 10.1 Å². The van der Waals surface area contributed by atoms with Crippen LogP contribution in [0.3, 0.4) is 0 Å². The van der Waals surface area contributed by atoms with Crippen molar-refractivity contribution < 1.29 is 9.31 Å². The van der Waals surface area contributed by atoms with E-state index in [9.17, 15) is 14.5 Å². The molecule has 0 aliphatic rings. The van der Waals surface area contributed by atoms with Crippen LogP contribution in [-0.4, -0.2) is 19.7 Å². The molecule has 0 radical (unpaired) electrons. The highest BCUT2D eigenvalue weighted by molar-refractivity contribution is 5.40. The van der Waals surface area contributed by atoms with Crippen molar-refractivity contribution in [1.82, 2.24) is 20.1 Å². The molecule has 19 heavy (non-hydrogen) atoms. The average Bonchev–Trinajstić information content (AvgIpc) is 2.75. The number of aryl methyl sites for hydroxylation is 1. The van der Waals surface area contributed by atoms with E-state index in [1.807, 2.05) is 0 Å². The number of nitrogens with zero attached hydrogens (tertiary/aromatic N) is 4. The van der Waals surface area contributed by atoms with Crippen molar-refractivity contribution >= 4 is 5.69 Å². The summed E-state index contributed by atoms with van der Waals surface area (Å²) in [5, 5.41) is 21.4. The first-order valence-corrected chi connectivity index (χ1v) is 5.54. The summed E-state index contributed by atoms with van der Waals surface area (Å²) >= 11 is 0. The zero-order valence-electron chi connectivity index (χ0n) is 10.2. The fourth-order valence-electron chi connectivity index (χ4n) is 1.65. The van der Waals surface area contributed by atoms with Gasteiger partial charge in [0.05, 0.1) is 11.5 Å². The molecule has 100 valence electrons. The van der Waals surface area contributed by atoms with Crippen LogP contribution >= 0.6 is 0 Å². The molecule has 1 N–H and O–H groups in total. The van der Waals surface area contributed by atoms with E-state index in [1.54, 1.807) is 17.9 Å². The van der Waals surface area contributed by atoms with Gasteiger partial charge in [0.2, 0.25) is 0 Å². The van der Waals surface area contributed by atoms with Gasteiger partial charge in [-0.25, -0.2) is 4.39 Å². The second-order valence-corrected chi connectivity index (χ2v) is 3.99. The third-order valence-corrected chi connectivity index (χ3v) is 2.64. The molecule has 0 spiro atoms. The Morgan fingerprint density at radius 1 is 1.47 bits per heavy atom. The van der Waals surface area contributed by atoms with Crippen LogP contribution in [0.2, 0.25) is 0 Å². The summed E-state index contributed by atoms with van der Waals surface area (Å²) in [6, 6.07) is 3.39. The molecule has 0 saturated carbocycles. The lowest BCUT2D eigenvalue weighted by atomic mass is 10.1. The van der Waals surface area contributed by atoms with Crippen LogP contribution in [0.5, 0.6) is 0 Å². The topological polar surface area (TPSA) is 85.9 Å². The highest BCUT2D eigenvalue weighted by Gasteiger charge is 2.14. The van der Waals surface area contributed by atoms with Crippen LogP contribution in [-0.2, 0) is 20.1 Å². The fraction of sp³-hybridized carbons (Fsp3) is 0.273. The molecule has 0 aliphatic heterocycles. The van der Waals surface area contributed by atoms with Gasteiger partial charge >= 0.3 is 0 Å². The summed E-state index contributed by atoms with van der Waals surface area (Å²) in [7, 11) is 1.79. The van der Waals surface area contributed by atoms with Crippen LogP contribution in [0.15, 0.2) is 24.5 Å². The largest absolute Gasteiger partial charge is 0.320 e. The minimum atomic E-state index is -0.529. The highest BCUT2D eigenvalue weighted by atomic mass is 19.1. The molecule has 0 unspecified atom stereocenters. The molecule has 1 aromatic carbocycles. The molecule has 2 aromatic rings. The maximum atomic E-state index is 13.1. The van der Waals surface area contributed by atoms with Crippen molar-refractivity contribution in [2.75, 3.05) is 0 Å². The molecule has 0 amide bonds. The van der Waals surface area contributed by atoms with E-state index in [0.717, 1.165) is 18.2 Å². The molecule has 1 aromatic heterocycles. The minimum absolute atomic E-state index is 0.105. The van der Waals surface area contributed by atoms with E-state index in [0.29, 0.717) is 17.9 Å². The van der Waals surface area contributed by atoms with Gasteiger partial charge in [-0.15, -0.1) is 10.2 Å². The average molecular weight is 265 g/mol. The number of nitro groups is 1. The van der Waals surface area contributed by atoms with Crippen molar-refractivity contribution in [3.05, 3.63) is 51.8 Å². The van der Waals surface area contributed by atoms with Crippen molar-refractivity contribution in [1.29, 1.82) is 0 Å². The van der Waals surface area contributed by atoms with E-state index in [-0.39, 0.29) is 12.2 Å². The first-order valence-electron chi connectivity index (χ1n) is 5.54. The number of nitro benzene ring substituents is 1. The third kappa shape index (κ3) is 3.10. The van der Waals surface area contributed by atoms with E-state index in [1.165, 1.54) is 0 Å². The van der Waals surface area contributed by atoms with Crippen LogP contribution in [0.1, 0.15) is 11.4 Å². The maximum absolute atomic E-state index is 13.1. The number of hydrogen-bond acceptors (Lipinski definition) is 5. The first kappa shape index (κ1) is 13.1. The van der Waals surface area contributed by atoms with Crippen molar-refractivity contribution in [3.8, 4) is 0 Å². The fourth-order valence-corrected chi connectivity index (χ4v) is 1.65. The number of benzene rings is 1. The third-order valence-electron chi connectivity index (χ3n) is 2.64. The summed E-state index contributed by atoms with van der Waals surface area (Å²) < 4.78 is 14.8. The quantitative estimate of drug-likeness (QED) is 0.647. The number of halogens is 1. The lowest BCUT2D eigenvalue weighted by molar-refractivity contribution is -0.385. The van der Waals surface area contributed by atoms with Crippen LogP contribution in [0, 0.1) is 15.9 Å². The van der Waals surface area contributed by atoms with Gasteiger partial charge in [0.15, 0.2) is 0 Å². The van der Waals surface area contributed by atoms with E-state index in [2.05, 4.69) is 15.5 Å². The summed E-state index contributed by atoms with van der Waals surface area (Å²) in [5.41, 5.74) is 0.194. The van der Waals surface area contributed by atoms with Crippen LogP contribution in [0.25, 0.3) is 0 Å². The van der Waals surface area contributed by atoms with Gasteiger partial charge in [0, 0.05) is 25.2 Å². The van der Waals surface area contributed by atoms with Gasteiger partial charge in [-0.1, -0.05) is 0 Å². The molecule has 0 fully saturated rings. The molecule has 0 atom stereocenters. The lowest BCUT2D eigenvalue weighted by Crippen LogP contribution is -2.16. The predicted octanol–water partition coefficient (Wildman–Crippen LogP) is 1.15. The lowest BCUT2D eigenvalue weighted by Gasteiger charge is -2.05. The molecule has 0 saturated heterocycles. The highest BCUT2D eigenvalue weighted by Crippen LogP contribution is 2.19. The van der Waals surface area contributed by atoms with Crippen molar-refractivity contribution in [3.63, 3.8) is 0 Å². The molecular weight excluding hydrogens is 253 g/mol. The van der Waals surface area contributed by atoms with E-state index >= 15 is 0 Å². The monoisotopic (exact) mass is 265 g/mol. The zero-order valence-corrected chi connectivity index (χ0v) is 10.2. The number of hydrogen-bond donors (Lipinski definition) is 1. The van der Waals surface area contributed by atoms with Gasteiger partial charge in [-0.05, 0) is 12.1 Å². The van der Waals surface area contributed by atoms with Crippen LogP contribution in [0.4, 0.5) is 10.1 Å². The number of rotatable bonds is 5. The Labute approximate surface area is 108 Å². The van der Waals surface area contributed by atoms with E-state index < -0.39 is 10.7 Å². The number of nitrogens with one attached hydrogen (secondary N) is 1. The van der Waals surface area contributed by atoms with Gasteiger partial charge in [-0.2, -0.15) is 0 Å². The van der Waals surface area contributed by atoms with Gasteiger partial charge < -0.3 is 9.88 Å². The Bertz CT molecular complexity index is 599. The predicted molar refractivity (Wildman–Crippen MR) is 64.6 cm³/mol. The Balaban J connectivity index is 2.05. The second kappa shape index (κ2) is 5.53. The standard InChI is InChI=1S/C11H12FN5O2/c1-16-7-14-15-11(16)6-13-5-8-4-9(12)2-3-10(8)17(18)19/h2-4,7,13H,5-6H2,1H3. The Morgan fingerprint density at radius 2 is 2.26 bits per heavy atom. The van der Waals surface area contributed by atoms with Crippen LogP contribution < -0.4 is 5.32 Å². The second-order valence-electron chi connectivity index (χ2n) is 3.99. The summed E-state index contributed by atoms with van der Waals surface area (Å²) in [5.74, 6) is 0.195. The van der Waals surface area contributed by atoms with E-state index in [4.69, 9.17) is 0 Å². The Hall–Kier alpha value is -2.35. The maximum Gasteiger partial charge on any atom is 0.274 e. The molecule has 1 heterocycles. The molecular formula is C11H12FN5O2. The zero-order chi connectivity index (χ0) is 13.8. The molecule has 2 rings (SSSR count).